The van der Waals surface area contributed by atoms with Crippen molar-refractivity contribution in [2.45, 2.75) is 38.3 Å². The van der Waals surface area contributed by atoms with Crippen LogP contribution in [0.4, 0.5) is 0 Å². The predicted molar refractivity (Wildman–Crippen MR) is 81.8 cm³/mol. The first-order valence-corrected chi connectivity index (χ1v) is 7.41. The number of methoxy groups -OCH3 is 2. The third kappa shape index (κ3) is 4.38. The van der Waals surface area contributed by atoms with Gasteiger partial charge >= 0.3 is 0 Å². The highest BCUT2D eigenvalue weighted by molar-refractivity contribution is 5.87. The Kier molecular flexibility index (Phi) is 5.63. The van der Waals surface area contributed by atoms with Crippen LogP contribution in [0.1, 0.15) is 31.2 Å². The summed E-state index contributed by atoms with van der Waals surface area (Å²) in [5.41, 5.74) is 0.879. The maximum atomic E-state index is 12.2. The third-order valence-electron chi connectivity index (χ3n) is 3.68. The maximum absolute atomic E-state index is 12.2. The summed E-state index contributed by atoms with van der Waals surface area (Å²) < 4.78 is 10.4. The van der Waals surface area contributed by atoms with Crippen LogP contribution in [0.3, 0.4) is 0 Å². The first kappa shape index (κ1) is 16.1. The number of amides is 2. The number of ether oxygens (including phenoxy) is 2. The van der Waals surface area contributed by atoms with E-state index in [9.17, 15) is 9.59 Å². The van der Waals surface area contributed by atoms with Crippen LogP contribution in [-0.4, -0.2) is 32.1 Å². The zero-order valence-corrected chi connectivity index (χ0v) is 13.0. The molecule has 0 bridgehead atoms. The second-order valence-corrected chi connectivity index (χ2v) is 5.30. The van der Waals surface area contributed by atoms with Crippen LogP contribution in [0.15, 0.2) is 18.2 Å². The Hall–Kier alpha value is -2.24. The lowest BCUT2D eigenvalue weighted by Crippen LogP contribution is -2.45. The highest BCUT2D eigenvalue weighted by Crippen LogP contribution is 2.22. The molecule has 1 fully saturated rings. The molecule has 0 aliphatic carbocycles. The fourth-order valence-corrected chi connectivity index (χ4v) is 2.45. The molecule has 22 heavy (non-hydrogen) atoms. The summed E-state index contributed by atoms with van der Waals surface area (Å²) in [6.07, 6.45) is 2.89. The lowest BCUT2D eigenvalue weighted by molar-refractivity contribution is -0.128. The van der Waals surface area contributed by atoms with Gasteiger partial charge in [-0.05, 0) is 30.5 Å². The van der Waals surface area contributed by atoms with Crippen molar-refractivity contribution in [1.29, 1.82) is 0 Å². The minimum absolute atomic E-state index is 0.0549. The molecule has 1 aromatic carbocycles. The largest absolute Gasteiger partial charge is 0.497 e. The van der Waals surface area contributed by atoms with Crippen molar-refractivity contribution >= 4 is 11.8 Å². The summed E-state index contributed by atoms with van der Waals surface area (Å²) in [7, 11) is 3.16. The van der Waals surface area contributed by atoms with E-state index in [1.54, 1.807) is 20.3 Å². The Morgan fingerprint density at radius 3 is 2.55 bits per heavy atom. The summed E-state index contributed by atoms with van der Waals surface area (Å²) in [6, 6.07) is 5.02. The van der Waals surface area contributed by atoms with Crippen molar-refractivity contribution in [3.63, 3.8) is 0 Å². The molecule has 1 heterocycles. The van der Waals surface area contributed by atoms with Gasteiger partial charge in [-0.3, -0.25) is 9.59 Å². The Bertz CT molecular complexity index is 523. The first-order chi connectivity index (χ1) is 10.6. The minimum atomic E-state index is -0.442. The van der Waals surface area contributed by atoms with E-state index in [-0.39, 0.29) is 11.8 Å². The van der Waals surface area contributed by atoms with Crippen LogP contribution in [0.5, 0.6) is 11.5 Å². The van der Waals surface area contributed by atoms with Crippen LogP contribution in [0.2, 0.25) is 0 Å². The number of benzene rings is 1. The normalized spacial score (nSPS) is 18.1. The van der Waals surface area contributed by atoms with Crippen molar-refractivity contribution in [2.75, 3.05) is 14.2 Å². The number of nitrogens with one attached hydrogen (secondary N) is 2. The molecule has 1 aromatic rings. The second-order valence-electron chi connectivity index (χ2n) is 5.30. The van der Waals surface area contributed by atoms with Gasteiger partial charge in [0.2, 0.25) is 11.8 Å². The molecule has 120 valence electrons. The van der Waals surface area contributed by atoms with Crippen LogP contribution in [0.25, 0.3) is 0 Å². The maximum Gasteiger partial charge on any atom is 0.242 e. The average Bonchev–Trinajstić information content (AvgIpc) is 2.76. The zero-order chi connectivity index (χ0) is 15.9. The van der Waals surface area contributed by atoms with Crippen molar-refractivity contribution in [1.82, 2.24) is 10.6 Å². The van der Waals surface area contributed by atoms with Crippen LogP contribution < -0.4 is 20.1 Å². The Labute approximate surface area is 130 Å². The van der Waals surface area contributed by atoms with Gasteiger partial charge in [-0.1, -0.05) is 6.42 Å². The van der Waals surface area contributed by atoms with Gasteiger partial charge in [0, 0.05) is 19.0 Å². The third-order valence-corrected chi connectivity index (χ3v) is 3.68. The molecule has 0 aromatic heterocycles. The molecule has 0 radical (unpaired) electrons. The van der Waals surface area contributed by atoms with Gasteiger partial charge in [-0.25, -0.2) is 0 Å². The van der Waals surface area contributed by atoms with Crippen LogP contribution >= 0.6 is 0 Å². The second kappa shape index (κ2) is 7.68. The summed E-state index contributed by atoms with van der Waals surface area (Å²) in [5, 5.41) is 5.61. The lowest BCUT2D eigenvalue weighted by Gasteiger charge is -2.16. The van der Waals surface area contributed by atoms with E-state index in [1.807, 2.05) is 12.1 Å². The lowest BCUT2D eigenvalue weighted by atomic mass is 10.1. The van der Waals surface area contributed by atoms with Gasteiger partial charge in [0.15, 0.2) is 0 Å². The molecule has 1 saturated heterocycles. The molecule has 2 rings (SSSR count). The van der Waals surface area contributed by atoms with E-state index in [0.717, 1.165) is 18.4 Å². The quantitative estimate of drug-likeness (QED) is 0.861. The highest BCUT2D eigenvalue weighted by atomic mass is 16.5. The van der Waals surface area contributed by atoms with Gasteiger partial charge < -0.3 is 20.1 Å². The monoisotopic (exact) mass is 306 g/mol. The number of hydrogen-bond acceptors (Lipinski definition) is 4. The van der Waals surface area contributed by atoms with Crippen molar-refractivity contribution in [3.05, 3.63) is 23.8 Å². The van der Waals surface area contributed by atoms with Crippen LogP contribution in [0, 0.1) is 0 Å². The van der Waals surface area contributed by atoms with Gasteiger partial charge in [-0.15, -0.1) is 0 Å². The van der Waals surface area contributed by atoms with E-state index in [0.29, 0.717) is 30.9 Å². The minimum Gasteiger partial charge on any atom is -0.497 e. The molecular formula is C16H22N2O4. The molecule has 0 saturated carbocycles. The Morgan fingerprint density at radius 2 is 1.91 bits per heavy atom. The van der Waals surface area contributed by atoms with E-state index >= 15 is 0 Å². The molecule has 2 N–H and O–H groups in total. The number of rotatable bonds is 5. The van der Waals surface area contributed by atoms with Crippen molar-refractivity contribution < 1.29 is 19.1 Å². The number of hydrogen-bond donors (Lipinski definition) is 2. The van der Waals surface area contributed by atoms with Crippen molar-refractivity contribution in [2.24, 2.45) is 0 Å². The van der Waals surface area contributed by atoms with Gasteiger partial charge in [0.25, 0.3) is 0 Å². The summed E-state index contributed by atoms with van der Waals surface area (Å²) in [4.78, 5) is 23.7. The Morgan fingerprint density at radius 1 is 1.23 bits per heavy atom. The number of carbonyl (C=O) groups is 2. The first-order valence-electron chi connectivity index (χ1n) is 7.41. The molecule has 6 nitrogen and oxygen atoms in total. The molecular weight excluding hydrogens is 284 g/mol. The van der Waals surface area contributed by atoms with Gasteiger partial charge in [0.1, 0.15) is 17.5 Å². The zero-order valence-electron chi connectivity index (χ0n) is 13.0. The highest BCUT2D eigenvalue weighted by Gasteiger charge is 2.22. The molecule has 6 heteroatoms. The van der Waals surface area contributed by atoms with Gasteiger partial charge in [0.05, 0.1) is 14.2 Å². The number of carbonyl (C=O) groups excluding carboxylic acids is 2. The standard InChI is InChI=1S/C16H22N2O4/c1-21-12-7-11(8-13(9-12)22-2)10-17-16(20)14-5-3-4-6-15(19)18-14/h7-9,14H,3-6,10H2,1-2H3,(H,17,20)(H,18,19). The predicted octanol–water partition coefficient (Wildman–Crippen LogP) is 1.38. The molecule has 1 unspecified atom stereocenters. The van der Waals surface area contributed by atoms with E-state index < -0.39 is 6.04 Å². The van der Waals surface area contributed by atoms with Crippen molar-refractivity contribution in [3.8, 4) is 11.5 Å². The summed E-state index contributed by atoms with van der Waals surface area (Å²) in [5.74, 6) is 1.13. The smallest absolute Gasteiger partial charge is 0.242 e. The molecule has 1 atom stereocenters. The summed E-state index contributed by atoms with van der Waals surface area (Å²) >= 11 is 0. The van der Waals surface area contributed by atoms with Gasteiger partial charge in [-0.2, -0.15) is 0 Å². The summed E-state index contributed by atoms with van der Waals surface area (Å²) in [6.45, 7) is 0.360. The molecule has 0 spiro atoms. The fraction of sp³-hybridized carbons (Fsp3) is 0.500. The Balaban J connectivity index is 1.96. The molecule has 2 amide bonds. The van der Waals surface area contributed by atoms with E-state index in [4.69, 9.17) is 9.47 Å². The van der Waals surface area contributed by atoms with Crippen LogP contribution in [-0.2, 0) is 16.1 Å². The fourth-order valence-electron chi connectivity index (χ4n) is 2.45. The van der Waals surface area contributed by atoms with E-state index in [1.165, 1.54) is 0 Å². The molecule has 1 aliphatic rings. The SMILES string of the molecule is COc1cc(CNC(=O)C2CCCCC(=O)N2)cc(OC)c1. The van der Waals surface area contributed by atoms with E-state index in [2.05, 4.69) is 10.6 Å². The topological polar surface area (TPSA) is 76.7 Å². The average molecular weight is 306 g/mol. The molecule has 1 aliphatic heterocycles.